The molecule has 0 unspecified atom stereocenters. The molecule has 0 bridgehead atoms. The van der Waals surface area contributed by atoms with Crippen LogP contribution in [0.1, 0.15) is 0 Å². The van der Waals surface area contributed by atoms with E-state index < -0.39 is 0 Å². The van der Waals surface area contributed by atoms with Crippen LogP contribution in [0.3, 0.4) is 0 Å². The summed E-state index contributed by atoms with van der Waals surface area (Å²) in [4.78, 5) is 0. The van der Waals surface area contributed by atoms with Crippen molar-refractivity contribution in [1.82, 2.24) is 0 Å². The molecule has 0 heterocycles. The molecule has 1 radical (unpaired) electrons. The SMILES string of the molecule is [Cl-].[Cl-].[Cr+3].[c-]1ccccc1. The number of hydrogen-bond donors (Lipinski definition) is 0. The third-order valence-electron chi connectivity index (χ3n) is 0.607. The smallest absolute Gasteiger partial charge is 1.00 e. The normalized spacial score (nSPS) is 5.33. The zero-order valence-electron chi connectivity index (χ0n) is 4.55. The van der Waals surface area contributed by atoms with Crippen LogP contribution in [0.4, 0.5) is 0 Å². The van der Waals surface area contributed by atoms with Crippen LogP contribution in [-0.2, 0) is 17.4 Å². The minimum absolute atomic E-state index is 0. The summed E-state index contributed by atoms with van der Waals surface area (Å²) in [6, 6.07) is 12.5. The van der Waals surface area contributed by atoms with Gasteiger partial charge in [-0.25, -0.2) is 0 Å². The van der Waals surface area contributed by atoms with Crippen molar-refractivity contribution in [3.8, 4) is 0 Å². The van der Waals surface area contributed by atoms with Crippen LogP contribution in [-0.4, -0.2) is 0 Å². The van der Waals surface area contributed by atoms with Gasteiger partial charge in [-0.1, -0.05) is 0 Å². The van der Waals surface area contributed by atoms with E-state index in [0.29, 0.717) is 0 Å². The summed E-state index contributed by atoms with van der Waals surface area (Å²) < 4.78 is 0. The third kappa shape index (κ3) is 8.33. The molecule has 0 spiro atoms. The molecular formula is C6H5Cl2Cr. The molecule has 0 atom stereocenters. The van der Waals surface area contributed by atoms with Crippen LogP contribution in [0.5, 0.6) is 0 Å². The van der Waals surface area contributed by atoms with Gasteiger partial charge in [-0.05, 0) is 0 Å². The number of halogens is 2. The molecule has 1 aromatic rings. The van der Waals surface area contributed by atoms with E-state index in [-0.39, 0.29) is 42.2 Å². The van der Waals surface area contributed by atoms with Crippen molar-refractivity contribution in [2.75, 3.05) is 0 Å². The third-order valence-corrected chi connectivity index (χ3v) is 0.607. The molecule has 0 N–H and O–H groups in total. The van der Waals surface area contributed by atoms with Crippen LogP contribution >= 0.6 is 0 Å². The first-order valence-corrected chi connectivity index (χ1v) is 1.91. The van der Waals surface area contributed by atoms with Gasteiger partial charge in [-0.2, -0.15) is 36.4 Å². The van der Waals surface area contributed by atoms with Gasteiger partial charge in [-0.3, -0.25) is 0 Å². The van der Waals surface area contributed by atoms with E-state index in [0.717, 1.165) is 0 Å². The Morgan fingerprint density at radius 1 is 0.778 bits per heavy atom. The first-order valence-electron chi connectivity index (χ1n) is 1.91. The molecule has 9 heavy (non-hydrogen) atoms. The molecule has 0 saturated heterocycles. The number of benzene rings is 1. The van der Waals surface area contributed by atoms with E-state index in [4.69, 9.17) is 0 Å². The van der Waals surface area contributed by atoms with Crippen LogP contribution in [0, 0.1) is 6.07 Å². The summed E-state index contributed by atoms with van der Waals surface area (Å²) in [7, 11) is 0. The second-order valence-electron chi connectivity index (χ2n) is 1.08. The Hall–Kier alpha value is 0.332. The topological polar surface area (TPSA) is 0 Å². The molecule has 0 saturated carbocycles. The minimum atomic E-state index is 0. The van der Waals surface area contributed by atoms with Crippen molar-refractivity contribution in [2.45, 2.75) is 0 Å². The second-order valence-corrected chi connectivity index (χ2v) is 1.08. The molecule has 3 heteroatoms. The Kier molecular flexibility index (Phi) is 20.1. The predicted octanol–water partition coefficient (Wildman–Crippen LogP) is -4.51. The summed E-state index contributed by atoms with van der Waals surface area (Å²) in [5.41, 5.74) is 0. The van der Waals surface area contributed by atoms with Gasteiger partial charge < -0.3 is 24.8 Å². The molecule has 0 amide bonds. The largest absolute Gasteiger partial charge is 3.00 e. The average molecular weight is 200 g/mol. The summed E-state index contributed by atoms with van der Waals surface area (Å²) in [5, 5.41) is 0. The van der Waals surface area contributed by atoms with E-state index >= 15 is 0 Å². The average Bonchev–Trinajstić information content (AvgIpc) is 1.72. The van der Waals surface area contributed by atoms with Crippen LogP contribution in [0.15, 0.2) is 30.3 Å². The zero-order valence-corrected chi connectivity index (χ0v) is 7.34. The predicted molar refractivity (Wildman–Crippen MR) is 25.3 cm³/mol. The Morgan fingerprint density at radius 2 is 1.22 bits per heavy atom. The molecule has 0 fully saturated rings. The minimum Gasteiger partial charge on any atom is -1.00 e. The van der Waals surface area contributed by atoms with Gasteiger partial charge in [0.15, 0.2) is 0 Å². The van der Waals surface area contributed by atoms with Crippen molar-refractivity contribution < 1.29 is 42.2 Å². The fraction of sp³-hybridized carbons (Fsp3) is 0. The molecule has 49 valence electrons. The van der Waals surface area contributed by atoms with Crippen molar-refractivity contribution in [2.24, 2.45) is 0 Å². The summed E-state index contributed by atoms with van der Waals surface area (Å²) in [6.45, 7) is 0. The summed E-state index contributed by atoms with van der Waals surface area (Å²) in [6.07, 6.45) is 0. The maximum Gasteiger partial charge on any atom is 3.00 e. The fourth-order valence-corrected chi connectivity index (χ4v) is 0.342. The Labute approximate surface area is 78.6 Å². The van der Waals surface area contributed by atoms with Gasteiger partial charge in [0.05, 0.1) is 0 Å². The first kappa shape index (κ1) is 16.2. The van der Waals surface area contributed by atoms with Gasteiger partial charge in [0, 0.05) is 0 Å². The van der Waals surface area contributed by atoms with E-state index in [1.54, 1.807) is 0 Å². The van der Waals surface area contributed by atoms with E-state index in [2.05, 4.69) is 6.07 Å². The fourth-order valence-electron chi connectivity index (χ4n) is 0.342. The van der Waals surface area contributed by atoms with E-state index in [1.807, 2.05) is 30.3 Å². The summed E-state index contributed by atoms with van der Waals surface area (Å²) >= 11 is 0. The quantitative estimate of drug-likeness (QED) is 0.370. The van der Waals surface area contributed by atoms with E-state index in [1.165, 1.54) is 0 Å². The molecule has 0 aliphatic heterocycles. The van der Waals surface area contributed by atoms with Crippen LogP contribution in [0.25, 0.3) is 0 Å². The van der Waals surface area contributed by atoms with Crippen molar-refractivity contribution in [3.05, 3.63) is 36.4 Å². The molecular weight excluding hydrogens is 195 g/mol. The Balaban J connectivity index is -0.000000120. The van der Waals surface area contributed by atoms with Gasteiger partial charge in [-0.15, -0.1) is 0 Å². The maximum atomic E-state index is 2.89. The van der Waals surface area contributed by atoms with Crippen LogP contribution in [0.2, 0.25) is 0 Å². The second kappa shape index (κ2) is 11.2. The van der Waals surface area contributed by atoms with Crippen LogP contribution < -0.4 is 24.8 Å². The standard InChI is InChI=1S/C6H5.2ClH.Cr/c1-2-4-6-5-3-1;;;/h1-5H;2*1H;/q-1;;;+3/p-2. The number of rotatable bonds is 0. The van der Waals surface area contributed by atoms with Gasteiger partial charge >= 0.3 is 17.4 Å². The Morgan fingerprint density at radius 3 is 1.33 bits per heavy atom. The molecule has 1 aromatic carbocycles. The van der Waals surface area contributed by atoms with Gasteiger partial charge in [0.25, 0.3) is 0 Å². The van der Waals surface area contributed by atoms with Crippen molar-refractivity contribution in [1.29, 1.82) is 0 Å². The van der Waals surface area contributed by atoms with E-state index in [9.17, 15) is 0 Å². The molecule has 0 nitrogen and oxygen atoms in total. The monoisotopic (exact) mass is 199 g/mol. The van der Waals surface area contributed by atoms with Crippen molar-refractivity contribution >= 4 is 0 Å². The van der Waals surface area contributed by atoms with Gasteiger partial charge in [0.2, 0.25) is 0 Å². The number of hydrogen-bond acceptors (Lipinski definition) is 0. The molecule has 0 aromatic heterocycles. The van der Waals surface area contributed by atoms with Gasteiger partial charge in [0.1, 0.15) is 0 Å². The molecule has 0 aliphatic rings. The molecule has 0 aliphatic carbocycles. The molecule has 1 rings (SSSR count). The van der Waals surface area contributed by atoms with Crippen molar-refractivity contribution in [3.63, 3.8) is 0 Å². The maximum absolute atomic E-state index is 2.89. The zero-order chi connectivity index (χ0) is 4.24. The summed E-state index contributed by atoms with van der Waals surface area (Å²) in [5.74, 6) is 0. The Bertz CT molecular complexity index is 83.0. The first-order chi connectivity index (χ1) is 3.00.